The third-order valence-electron chi connectivity index (χ3n) is 3.68. The van der Waals surface area contributed by atoms with Crippen LogP contribution in [0.25, 0.3) is 0 Å². The summed E-state index contributed by atoms with van der Waals surface area (Å²) in [5.74, 6) is 0.118. The predicted octanol–water partition coefficient (Wildman–Crippen LogP) is 3.50. The zero-order valence-electron chi connectivity index (χ0n) is 14.6. The summed E-state index contributed by atoms with van der Waals surface area (Å²) in [7, 11) is 1.55. The van der Waals surface area contributed by atoms with Gasteiger partial charge >= 0.3 is 5.97 Å². The average molecular weight is 382 g/mol. The van der Waals surface area contributed by atoms with Gasteiger partial charge in [0.2, 0.25) is 0 Å². The van der Waals surface area contributed by atoms with E-state index in [0.29, 0.717) is 17.9 Å². The SMILES string of the molecule is CCOC(=O)C(N)Cc1ccc(OC)c(COc2ccc(F)c(Cl)c2)c1. The highest BCUT2D eigenvalue weighted by atomic mass is 35.5. The summed E-state index contributed by atoms with van der Waals surface area (Å²) in [6.07, 6.45) is 0.332. The molecule has 2 aromatic rings. The minimum atomic E-state index is -0.743. The molecule has 2 aromatic carbocycles. The Bertz CT molecular complexity index is 769. The van der Waals surface area contributed by atoms with E-state index in [1.165, 1.54) is 18.2 Å². The first-order valence-electron chi connectivity index (χ1n) is 8.10. The molecule has 1 unspecified atom stereocenters. The Morgan fingerprint density at radius 3 is 2.69 bits per heavy atom. The Morgan fingerprint density at radius 2 is 2.04 bits per heavy atom. The van der Waals surface area contributed by atoms with Crippen LogP contribution in [0, 0.1) is 5.82 Å². The maximum absolute atomic E-state index is 13.2. The Balaban J connectivity index is 2.11. The van der Waals surface area contributed by atoms with E-state index in [4.69, 9.17) is 31.5 Å². The van der Waals surface area contributed by atoms with E-state index in [0.717, 1.165) is 11.1 Å². The molecule has 0 aliphatic heterocycles. The molecule has 0 radical (unpaired) electrons. The molecule has 2 N–H and O–H groups in total. The second kappa shape index (κ2) is 9.40. The summed E-state index contributed by atoms with van der Waals surface area (Å²) in [5, 5.41) is -0.0105. The fourth-order valence-corrected chi connectivity index (χ4v) is 2.56. The molecule has 2 rings (SSSR count). The van der Waals surface area contributed by atoms with E-state index in [9.17, 15) is 9.18 Å². The zero-order chi connectivity index (χ0) is 19.1. The molecule has 140 valence electrons. The van der Waals surface area contributed by atoms with E-state index in [-0.39, 0.29) is 18.2 Å². The van der Waals surface area contributed by atoms with Crippen LogP contribution in [0.15, 0.2) is 36.4 Å². The van der Waals surface area contributed by atoms with Crippen molar-refractivity contribution in [2.24, 2.45) is 5.73 Å². The number of carbonyl (C=O) groups is 1. The number of esters is 1. The van der Waals surface area contributed by atoms with Crippen molar-refractivity contribution in [1.29, 1.82) is 0 Å². The van der Waals surface area contributed by atoms with Crippen LogP contribution in [0.1, 0.15) is 18.1 Å². The molecule has 0 saturated heterocycles. The molecule has 0 amide bonds. The maximum atomic E-state index is 13.2. The smallest absolute Gasteiger partial charge is 0.323 e. The molecule has 7 heteroatoms. The van der Waals surface area contributed by atoms with Crippen molar-refractivity contribution in [3.63, 3.8) is 0 Å². The average Bonchev–Trinajstić information content (AvgIpc) is 2.63. The van der Waals surface area contributed by atoms with Crippen LogP contribution in [0.4, 0.5) is 4.39 Å². The van der Waals surface area contributed by atoms with Gasteiger partial charge in [-0.1, -0.05) is 17.7 Å². The van der Waals surface area contributed by atoms with E-state index < -0.39 is 17.8 Å². The summed E-state index contributed by atoms with van der Waals surface area (Å²) in [5.41, 5.74) is 7.48. The summed E-state index contributed by atoms with van der Waals surface area (Å²) in [6, 6.07) is 8.86. The topological polar surface area (TPSA) is 70.8 Å². The minimum absolute atomic E-state index is 0.0105. The Hall–Kier alpha value is -2.31. The molecule has 0 bridgehead atoms. The van der Waals surface area contributed by atoms with Crippen LogP contribution < -0.4 is 15.2 Å². The molecule has 0 aromatic heterocycles. The lowest BCUT2D eigenvalue weighted by Gasteiger charge is -2.14. The van der Waals surface area contributed by atoms with Crippen molar-refractivity contribution >= 4 is 17.6 Å². The van der Waals surface area contributed by atoms with Crippen LogP contribution in [0.5, 0.6) is 11.5 Å². The fourth-order valence-electron chi connectivity index (χ4n) is 2.39. The number of hydrogen-bond donors (Lipinski definition) is 1. The highest BCUT2D eigenvalue weighted by Crippen LogP contribution is 2.25. The van der Waals surface area contributed by atoms with Gasteiger partial charge in [-0.3, -0.25) is 4.79 Å². The molecule has 0 aliphatic carbocycles. The summed E-state index contributed by atoms with van der Waals surface area (Å²) in [6.45, 7) is 2.21. The first kappa shape index (κ1) is 20.0. The van der Waals surface area contributed by atoms with Crippen LogP contribution in [-0.2, 0) is 22.6 Å². The molecular formula is C19H21ClFNO4. The van der Waals surface area contributed by atoms with Gasteiger partial charge in [-0.15, -0.1) is 0 Å². The Kier molecular flexibility index (Phi) is 7.24. The number of methoxy groups -OCH3 is 1. The van der Waals surface area contributed by atoms with Crippen LogP contribution in [0.2, 0.25) is 5.02 Å². The lowest BCUT2D eigenvalue weighted by molar-refractivity contribution is -0.144. The van der Waals surface area contributed by atoms with E-state index in [2.05, 4.69) is 0 Å². The van der Waals surface area contributed by atoms with Gasteiger partial charge in [0.1, 0.15) is 30.0 Å². The molecule has 0 fully saturated rings. The molecule has 26 heavy (non-hydrogen) atoms. The first-order chi connectivity index (χ1) is 12.4. The standard InChI is InChI=1S/C19H21ClFNO4/c1-3-25-19(23)17(22)9-12-4-7-18(24-2)13(8-12)11-26-14-5-6-16(21)15(20)10-14/h4-8,10,17H,3,9,11,22H2,1-2H3. The normalized spacial score (nSPS) is 11.7. The molecule has 0 saturated carbocycles. The summed E-state index contributed by atoms with van der Waals surface area (Å²) >= 11 is 5.75. The number of nitrogens with two attached hydrogens (primary N) is 1. The van der Waals surface area contributed by atoms with Crippen molar-refractivity contribution in [3.05, 3.63) is 58.4 Å². The van der Waals surface area contributed by atoms with Gasteiger partial charge in [0.05, 0.1) is 18.7 Å². The fraction of sp³-hybridized carbons (Fsp3) is 0.316. The van der Waals surface area contributed by atoms with Crippen LogP contribution >= 0.6 is 11.6 Å². The minimum Gasteiger partial charge on any atom is -0.496 e. The summed E-state index contributed by atoms with van der Waals surface area (Å²) < 4.78 is 29.1. The van der Waals surface area contributed by atoms with Crippen molar-refractivity contribution in [3.8, 4) is 11.5 Å². The predicted molar refractivity (Wildman–Crippen MR) is 97.0 cm³/mol. The number of hydrogen-bond acceptors (Lipinski definition) is 5. The van der Waals surface area contributed by atoms with Gasteiger partial charge in [-0.2, -0.15) is 0 Å². The Labute approximate surface area is 156 Å². The lowest BCUT2D eigenvalue weighted by atomic mass is 10.0. The third-order valence-corrected chi connectivity index (χ3v) is 3.96. The van der Waals surface area contributed by atoms with E-state index >= 15 is 0 Å². The lowest BCUT2D eigenvalue weighted by Crippen LogP contribution is -2.34. The molecule has 0 spiro atoms. The van der Waals surface area contributed by atoms with Gasteiger partial charge in [-0.25, -0.2) is 4.39 Å². The van der Waals surface area contributed by atoms with Crippen LogP contribution in [-0.4, -0.2) is 25.7 Å². The van der Waals surface area contributed by atoms with E-state index in [1.54, 1.807) is 20.1 Å². The highest BCUT2D eigenvalue weighted by molar-refractivity contribution is 6.30. The van der Waals surface area contributed by atoms with Crippen molar-refractivity contribution < 1.29 is 23.4 Å². The zero-order valence-corrected chi connectivity index (χ0v) is 15.4. The quantitative estimate of drug-likeness (QED) is 0.708. The Morgan fingerprint density at radius 1 is 1.27 bits per heavy atom. The number of halogens is 2. The van der Waals surface area contributed by atoms with Gasteiger partial charge in [0.15, 0.2) is 0 Å². The second-order valence-corrected chi connectivity index (χ2v) is 5.98. The highest BCUT2D eigenvalue weighted by Gasteiger charge is 2.16. The number of benzene rings is 2. The molecule has 0 aliphatic rings. The molecule has 1 atom stereocenters. The van der Waals surface area contributed by atoms with Gasteiger partial charge in [0, 0.05) is 11.6 Å². The van der Waals surface area contributed by atoms with Crippen molar-refractivity contribution in [2.75, 3.05) is 13.7 Å². The monoisotopic (exact) mass is 381 g/mol. The molecule has 0 heterocycles. The largest absolute Gasteiger partial charge is 0.496 e. The third kappa shape index (κ3) is 5.34. The maximum Gasteiger partial charge on any atom is 0.323 e. The van der Waals surface area contributed by atoms with Crippen molar-refractivity contribution in [1.82, 2.24) is 0 Å². The molecular weight excluding hydrogens is 361 g/mol. The van der Waals surface area contributed by atoms with Gasteiger partial charge in [-0.05, 0) is 43.2 Å². The molecule has 5 nitrogen and oxygen atoms in total. The first-order valence-corrected chi connectivity index (χ1v) is 8.48. The van der Waals surface area contributed by atoms with E-state index in [1.807, 2.05) is 12.1 Å². The van der Waals surface area contributed by atoms with Gasteiger partial charge < -0.3 is 19.9 Å². The van der Waals surface area contributed by atoms with Crippen LogP contribution in [0.3, 0.4) is 0 Å². The summed E-state index contributed by atoms with van der Waals surface area (Å²) in [4.78, 5) is 11.7. The number of rotatable bonds is 8. The second-order valence-electron chi connectivity index (χ2n) is 5.57. The van der Waals surface area contributed by atoms with Gasteiger partial charge in [0.25, 0.3) is 0 Å². The number of ether oxygens (including phenoxy) is 3. The van der Waals surface area contributed by atoms with Crippen molar-refractivity contribution in [2.45, 2.75) is 26.0 Å². The number of carbonyl (C=O) groups excluding carboxylic acids is 1.